The number of para-hydroxylation sites is 1. The molecule has 1 aliphatic heterocycles. The molecule has 198 valence electrons. The van der Waals surface area contributed by atoms with Crippen LogP contribution in [0.15, 0.2) is 35.1 Å². The number of carbonyl (C=O) groups is 1. The van der Waals surface area contributed by atoms with Gasteiger partial charge in [-0.1, -0.05) is 18.2 Å². The molecule has 0 radical (unpaired) electrons. The number of aryl methyl sites for hydroxylation is 2. The van der Waals surface area contributed by atoms with E-state index >= 15 is 0 Å². The van der Waals surface area contributed by atoms with Crippen molar-refractivity contribution in [3.63, 3.8) is 0 Å². The van der Waals surface area contributed by atoms with E-state index in [1.807, 2.05) is 38.1 Å². The Bertz CT molecular complexity index is 1360. The quantitative estimate of drug-likeness (QED) is 0.436. The molecule has 0 unspecified atom stereocenters. The molecule has 1 aromatic carbocycles. The van der Waals surface area contributed by atoms with Gasteiger partial charge >= 0.3 is 0 Å². The molecule has 37 heavy (non-hydrogen) atoms. The Balaban J connectivity index is 1.35. The number of ether oxygens (including phenoxy) is 1. The molecule has 1 saturated heterocycles. The van der Waals surface area contributed by atoms with Crippen LogP contribution < -0.4 is 16.2 Å². The van der Waals surface area contributed by atoms with Gasteiger partial charge in [-0.3, -0.25) is 9.59 Å². The summed E-state index contributed by atoms with van der Waals surface area (Å²) in [7, 11) is 0. The fourth-order valence-electron chi connectivity index (χ4n) is 6.50. The molecule has 3 N–H and O–H groups in total. The zero-order valence-electron chi connectivity index (χ0n) is 22.7. The lowest BCUT2D eigenvalue weighted by Crippen LogP contribution is -2.61. The Morgan fingerprint density at radius 2 is 1.86 bits per heavy atom. The maximum absolute atomic E-state index is 13.5. The number of amides is 1. The SMILES string of the molecule is Cc1cc(C)c(CNC(=O)c2c(C)n([C@H](C)C3CCC(NC4(C)COC4)CC3)c3ccccc23)c(=O)[nH]1. The third kappa shape index (κ3) is 4.99. The van der Waals surface area contributed by atoms with Crippen LogP contribution in [-0.2, 0) is 11.3 Å². The Hall–Kier alpha value is -2.90. The van der Waals surface area contributed by atoms with Crippen LogP contribution in [0.5, 0.6) is 0 Å². The van der Waals surface area contributed by atoms with Crippen molar-refractivity contribution in [2.45, 2.75) is 84.5 Å². The number of pyridine rings is 1. The largest absolute Gasteiger partial charge is 0.377 e. The van der Waals surface area contributed by atoms with E-state index in [1.165, 1.54) is 25.7 Å². The molecule has 5 rings (SSSR count). The lowest BCUT2D eigenvalue weighted by Gasteiger charge is -2.44. The van der Waals surface area contributed by atoms with Gasteiger partial charge in [-0.25, -0.2) is 0 Å². The van der Waals surface area contributed by atoms with Gasteiger partial charge in [-0.05, 0) is 83.9 Å². The Morgan fingerprint density at radius 3 is 2.51 bits per heavy atom. The molecule has 0 spiro atoms. The maximum Gasteiger partial charge on any atom is 0.254 e. The molecule has 1 saturated carbocycles. The minimum absolute atomic E-state index is 0.136. The summed E-state index contributed by atoms with van der Waals surface area (Å²) < 4.78 is 7.78. The second-order valence-corrected chi connectivity index (χ2v) is 11.5. The van der Waals surface area contributed by atoms with Crippen molar-refractivity contribution in [3.8, 4) is 0 Å². The van der Waals surface area contributed by atoms with Crippen molar-refractivity contribution in [1.82, 2.24) is 20.2 Å². The minimum Gasteiger partial charge on any atom is -0.377 e. The molecule has 2 aromatic heterocycles. The first kappa shape index (κ1) is 25.7. The van der Waals surface area contributed by atoms with Gasteiger partial charge in [0.25, 0.3) is 11.5 Å². The van der Waals surface area contributed by atoms with Crippen LogP contribution in [0.3, 0.4) is 0 Å². The molecule has 3 heterocycles. The van der Waals surface area contributed by atoms with Crippen molar-refractivity contribution in [2.75, 3.05) is 13.2 Å². The summed E-state index contributed by atoms with van der Waals surface area (Å²) in [5.74, 6) is 0.422. The standard InChI is InChI=1S/C30H40N4O3/c1-18-14-19(2)32-28(35)25(18)15-31-29(36)27-21(4)34(26-9-7-6-8-24(26)27)20(3)22-10-12-23(13-11-22)33-30(5)16-37-17-30/h6-9,14,20,22-23,33H,10-13,15-17H2,1-5H3,(H,31,36)(H,32,35)/t20-,22?,23?/m1/s1. The van der Waals surface area contributed by atoms with Crippen LogP contribution in [0.25, 0.3) is 10.9 Å². The normalized spacial score (nSPS) is 22.0. The summed E-state index contributed by atoms with van der Waals surface area (Å²) in [5.41, 5.74) is 5.09. The molecule has 1 aliphatic carbocycles. The Kier molecular flexibility index (Phi) is 7.03. The van der Waals surface area contributed by atoms with Gasteiger partial charge < -0.3 is 24.9 Å². The van der Waals surface area contributed by atoms with Crippen molar-refractivity contribution >= 4 is 16.8 Å². The van der Waals surface area contributed by atoms with Gasteiger partial charge in [0, 0.05) is 46.5 Å². The van der Waals surface area contributed by atoms with E-state index in [-0.39, 0.29) is 29.6 Å². The number of nitrogens with zero attached hydrogens (tertiary/aromatic N) is 1. The predicted octanol–water partition coefficient (Wildman–Crippen LogP) is 4.68. The summed E-state index contributed by atoms with van der Waals surface area (Å²) >= 11 is 0. The van der Waals surface area contributed by atoms with Crippen molar-refractivity contribution in [1.29, 1.82) is 0 Å². The number of aromatic amines is 1. The molecule has 2 aliphatic rings. The van der Waals surface area contributed by atoms with Crippen LogP contribution in [0, 0.1) is 26.7 Å². The average molecular weight is 505 g/mol. The summed E-state index contributed by atoms with van der Waals surface area (Å²) in [6.07, 6.45) is 4.67. The molecule has 2 fully saturated rings. The smallest absolute Gasteiger partial charge is 0.254 e. The van der Waals surface area contributed by atoms with E-state index in [0.717, 1.165) is 41.1 Å². The van der Waals surface area contributed by atoms with Crippen molar-refractivity contribution < 1.29 is 9.53 Å². The van der Waals surface area contributed by atoms with Gasteiger partial charge in [-0.15, -0.1) is 0 Å². The summed E-state index contributed by atoms with van der Waals surface area (Å²) in [6.45, 7) is 12.2. The second kappa shape index (κ2) is 10.1. The average Bonchev–Trinajstić information content (AvgIpc) is 3.14. The first-order valence-corrected chi connectivity index (χ1v) is 13.6. The second-order valence-electron chi connectivity index (χ2n) is 11.5. The Labute approximate surface area is 219 Å². The van der Waals surface area contributed by atoms with Gasteiger partial charge in [0.1, 0.15) is 0 Å². The number of carbonyl (C=O) groups excluding carboxylic acids is 1. The number of nitrogens with one attached hydrogen (secondary N) is 3. The molecule has 3 aromatic rings. The third-order valence-electron chi connectivity index (χ3n) is 8.56. The van der Waals surface area contributed by atoms with Crippen LogP contribution >= 0.6 is 0 Å². The third-order valence-corrected chi connectivity index (χ3v) is 8.56. The number of H-pyrrole nitrogens is 1. The Morgan fingerprint density at radius 1 is 1.16 bits per heavy atom. The highest BCUT2D eigenvalue weighted by Crippen LogP contribution is 2.38. The van der Waals surface area contributed by atoms with Crippen LogP contribution in [0.4, 0.5) is 0 Å². The first-order valence-electron chi connectivity index (χ1n) is 13.6. The lowest BCUT2D eigenvalue weighted by molar-refractivity contribution is -0.0719. The van der Waals surface area contributed by atoms with E-state index in [2.05, 4.69) is 47.0 Å². The van der Waals surface area contributed by atoms with E-state index in [4.69, 9.17) is 4.74 Å². The number of benzene rings is 1. The molecule has 1 atom stereocenters. The fourth-order valence-corrected chi connectivity index (χ4v) is 6.50. The highest BCUT2D eigenvalue weighted by Gasteiger charge is 2.37. The predicted molar refractivity (Wildman–Crippen MR) is 147 cm³/mol. The molecular formula is C30H40N4O3. The number of rotatable bonds is 7. The highest BCUT2D eigenvalue weighted by molar-refractivity contribution is 6.08. The number of hydrogen-bond acceptors (Lipinski definition) is 4. The lowest BCUT2D eigenvalue weighted by atomic mass is 9.81. The van der Waals surface area contributed by atoms with Gasteiger partial charge in [0.15, 0.2) is 0 Å². The zero-order chi connectivity index (χ0) is 26.3. The van der Waals surface area contributed by atoms with Crippen molar-refractivity contribution in [3.05, 3.63) is 68.8 Å². The summed E-state index contributed by atoms with van der Waals surface area (Å²) in [6, 6.07) is 11.0. The first-order chi connectivity index (χ1) is 17.7. The highest BCUT2D eigenvalue weighted by atomic mass is 16.5. The number of hydrogen-bond donors (Lipinski definition) is 3. The molecule has 7 heteroatoms. The van der Waals surface area contributed by atoms with Crippen LogP contribution in [-0.4, -0.2) is 40.3 Å². The topological polar surface area (TPSA) is 88.2 Å². The summed E-state index contributed by atoms with van der Waals surface area (Å²) in [4.78, 5) is 28.8. The van der Waals surface area contributed by atoms with Crippen LogP contribution in [0.1, 0.15) is 78.4 Å². The molecule has 7 nitrogen and oxygen atoms in total. The fraction of sp³-hybridized carbons (Fsp3) is 0.533. The van der Waals surface area contributed by atoms with E-state index in [0.29, 0.717) is 23.1 Å². The molecule has 1 amide bonds. The monoisotopic (exact) mass is 504 g/mol. The van der Waals surface area contributed by atoms with Crippen LogP contribution in [0.2, 0.25) is 0 Å². The number of aromatic nitrogens is 2. The minimum atomic E-state index is -0.144. The van der Waals surface area contributed by atoms with E-state index < -0.39 is 0 Å². The molecule has 0 bridgehead atoms. The number of fused-ring (bicyclic) bond motifs is 1. The summed E-state index contributed by atoms with van der Waals surface area (Å²) in [5, 5.41) is 7.81. The maximum atomic E-state index is 13.5. The zero-order valence-corrected chi connectivity index (χ0v) is 22.7. The van der Waals surface area contributed by atoms with Crippen molar-refractivity contribution in [2.24, 2.45) is 5.92 Å². The van der Waals surface area contributed by atoms with Gasteiger partial charge in [0.05, 0.1) is 24.3 Å². The van der Waals surface area contributed by atoms with Gasteiger partial charge in [0.2, 0.25) is 0 Å². The van der Waals surface area contributed by atoms with Gasteiger partial charge in [-0.2, -0.15) is 0 Å². The van der Waals surface area contributed by atoms with E-state index in [9.17, 15) is 9.59 Å². The molecular weight excluding hydrogens is 464 g/mol. The van der Waals surface area contributed by atoms with E-state index in [1.54, 1.807) is 0 Å².